The number of ether oxygens (including phenoxy) is 1. The van der Waals surface area contributed by atoms with Crippen molar-refractivity contribution < 1.29 is 9.53 Å². The van der Waals surface area contributed by atoms with Crippen molar-refractivity contribution in [3.63, 3.8) is 0 Å². The fourth-order valence-corrected chi connectivity index (χ4v) is 2.27. The van der Waals surface area contributed by atoms with Crippen LogP contribution < -0.4 is 5.32 Å². The molecule has 118 valence electrons. The minimum absolute atomic E-state index is 0.163. The second-order valence-electron chi connectivity index (χ2n) is 5.40. The van der Waals surface area contributed by atoms with E-state index < -0.39 is 5.41 Å². The van der Waals surface area contributed by atoms with Gasteiger partial charge in [0.1, 0.15) is 0 Å². The Morgan fingerprint density at radius 3 is 2.77 bits per heavy atom. The predicted octanol–water partition coefficient (Wildman–Crippen LogP) is 3.19. The molecule has 0 fully saturated rings. The summed E-state index contributed by atoms with van der Waals surface area (Å²) >= 11 is 11.9. The number of amides is 1. The first kappa shape index (κ1) is 16.7. The number of hydrogen-bond donors (Lipinski definition) is 1. The molecule has 0 aliphatic carbocycles. The summed E-state index contributed by atoms with van der Waals surface area (Å²) in [4.78, 5) is 16.3. The summed E-state index contributed by atoms with van der Waals surface area (Å²) in [5, 5.41) is 7.74. The Labute approximate surface area is 138 Å². The number of halogens is 2. The molecular formula is C14H16Cl2N4O2. The van der Waals surface area contributed by atoms with E-state index in [1.807, 2.05) is 0 Å². The van der Waals surface area contributed by atoms with Crippen molar-refractivity contribution in [2.24, 2.45) is 5.41 Å². The molecule has 2 heterocycles. The second kappa shape index (κ2) is 6.64. The van der Waals surface area contributed by atoms with E-state index in [4.69, 9.17) is 27.9 Å². The summed E-state index contributed by atoms with van der Waals surface area (Å²) in [5.41, 5.74) is -0.102. The second-order valence-corrected chi connectivity index (χ2v) is 6.25. The highest BCUT2D eigenvalue weighted by Crippen LogP contribution is 2.23. The van der Waals surface area contributed by atoms with Crippen LogP contribution in [0.1, 0.15) is 13.8 Å². The van der Waals surface area contributed by atoms with E-state index >= 15 is 0 Å². The molecule has 0 bridgehead atoms. The van der Waals surface area contributed by atoms with Crippen molar-refractivity contribution >= 4 is 34.8 Å². The molecule has 0 unspecified atom stereocenters. The zero-order valence-electron chi connectivity index (χ0n) is 12.4. The van der Waals surface area contributed by atoms with Gasteiger partial charge < -0.3 is 10.1 Å². The first-order chi connectivity index (χ1) is 10.3. The Hall–Kier alpha value is -1.63. The molecule has 8 heteroatoms. The third-order valence-electron chi connectivity index (χ3n) is 2.97. The molecular weight excluding hydrogens is 327 g/mol. The zero-order valence-corrected chi connectivity index (χ0v) is 13.9. The number of carbonyl (C=O) groups is 1. The molecule has 0 aliphatic heterocycles. The first-order valence-corrected chi connectivity index (χ1v) is 7.25. The maximum absolute atomic E-state index is 12.2. The molecule has 0 radical (unpaired) electrons. The summed E-state index contributed by atoms with van der Waals surface area (Å²) in [6, 6.07) is 1.58. The van der Waals surface area contributed by atoms with E-state index in [-0.39, 0.29) is 5.91 Å². The summed E-state index contributed by atoms with van der Waals surface area (Å²) in [6.07, 6.45) is 4.63. The van der Waals surface area contributed by atoms with Gasteiger partial charge in [0, 0.05) is 13.3 Å². The van der Waals surface area contributed by atoms with Gasteiger partial charge in [-0.2, -0.15) is 5.10 Å². The van der Waals surface area contributed by atoms with Gasteiger partial charge in [-0.05, 0) is 19.9 Å². The van der Waals surface area contributed by atoms with Crippen molar-refractivity contribution in [2.45, 2.75) is 13.8 Å². The van der Waals surface area contributed by atoms with Crippen LogP contribution in [0.5, 0.6) is 0 Å². The molecule has 0 atom stereocenters. The average Bonchev–Trinajstić information content (AvgIpc) is 2.86. The van der Waals surface area contributed by atoms with Crippen LogP contribution in [0.2, 0.25) is 10.0 Å². The lowest BCUT2D eigenvalue weighted by atomic mass is 9.93. The standard InChI is InChI=1S/C14H16Cl2N4O2/c1-14(2,8-22-3)13(21)19-10-6-18-20(7-10)12-11(16)4-9(15)5-17-12/h4-7H,8H2,1-3H3,(H,19,21). The zero-order chi connectivity index (χ0) is 16.3. The molecule has 1 N–H and O–H groups in total. The number of rotatable bonds is 5. The van der Waals surface area contributed by atoms with Crippen LogP contribution in [0, 0.1) is 5.41 Å². The Bertz CT molecular complexity index is 685. The minimum atomic E-state index is -0.646. The van der Waals surface area contributed by atoms with E-state index in [1.54, 1.807) is 33.2 Å². The molecule has 0 aromatic carbocycles. The highest BCUT2D eigenvalue weighted by Gasteiger charge is 2.28. The lowest BCUT2D eigenvalue weighted by molar-refractivity contribution is -0.126. The minimum Gasteiger partial charge on any atom is -0.384 e. The quantitative estimate of drug-likeness (QED) is 0.905. The Balaban J connectivity index is 2.17. The number of methoxy groups -OCH3 is 1. The van der Waals surface area contributed by atoms with Gasteiger partial charge in [-0.1, -0.05) is 23.2 Å². The highest BCUT2D eigenvalue weighted by molar-refractivity contribution is 6.35. The van der Waals surface area contributed by atoms with Crippen molar-refractivity contribution in [2.75, 3.05) is 19.0 Å². The lowest BCUT2D eigenvalue weighted by Gasteiger charge is -2.21. The molecule has 0 saturated carbocycles. The van der Waals surface area contributed by atoms with Crippen molar-refractivity contribution in [3.05, 3.63) is 34.7 Å². The first-order valence-electron chi connectivity index (χ1n) is 6.50. The molecule has 0 spiro atoms. The van der Waals surface area contributed by atoms with Crippen LogP contribution in [0.15, 0.2) is 24.7 Å². The Morgan fingerprint density at radius 1 is 1.41 bits per heavy atom. The molecule has 22 heavy (non-hydrogen) atoms. The number of nitrogens with zero attached hydrogens (tertiary/aromatic N) is 3. The van der Waals surface area contributed by atoms with E-state index in [0.717, 1.165) is 0 Å². The van der Waals surface area contributed by atoms with Crippen LogP contribution in [0.4, 0.5) is 5.69 Å². The topological polar surface area (TPSA) is 69.0 Å². The SMILES string of the molecule is COCC(C)(C)C(=O)Nc1cnn(-c2ncc(Cl)cc2Cl)c1. The Morgan fingerprint density at radius 2 is 2.14 bits per heavy atom. The van der Waals surface area contributed by atoms with Crippen LogP contribution in [-0.2, 0) is 9.53 Å². The van der Waals surface area contributed by atoms with Crippen LogP contribution in [-0.4, -0.2) is 34.4 Å². The fourth-order valence-electron chi connectivity index (χ4n) is 1.81. The molecule has 0 saturated heterocycles. The molecule has 2 aromatic rings. The fraction of sp³-hybridized carbons (Fsp3) is 0.357. The van der Waals surface area contributed by atoms with Crippen LogP contribution in [0.25, 0.3) is 5.82 Å². The largest absolute Gasteiger partial charge is 0.384 e. The van der Waals surface area contributed by atoms with Crippen LogP contribution >= 0.6 is 23.2 Å². The van der Waals surface area contributed by atoms with E-state index in [0.29, 0.717) is 28.2 Å². The van der Waals surface area contributed by atoms with Gasteiger partial charge in [0.05, 0.1) is 40.1 Å². The predicted molar refractivity (Wildman–Crippen MR) is 85.7 cm³/mol. The number of aromatic nitrogens is 3. The molecule has 6 nitrogen and oxygen atoms in total. The number of pyridine rings is 1. The molecule has 1 amide bonds. The third-order valence-corrected chi connectivity index (χ3v) is 3.45. The van der Waals surface area contributed by atoms with Crippen molar-refractivity contribution in [1.29, 1.82) is 0 Å². The highest BCUT2D eigenvalue weighted by atomic mass is 35.5. The van der Waals surface area contributed by atoms with E-state index in [2.05, 4.69) is 15.4 Å². The van der Waals surface area contributed by atoms with Gasteiger partial charge in [-0.15, -0.1) is 0 Å². The Kier molecular flexibility index (Phi) is 5.05. The maximum atomic E-state index is 12.2. The molecule has 2 rings (SSSR count). The smallest absolute Gasteiger partial charge is 0.232 e. The number of hydrogen-bond acceptors (Lipinski definition) is 4. The van der Waals surface area contributed by atoms with E-state index in [1.165, 1.54) is 17.1 Å². The van der Waals surface area contributed by atoms with Gasteiger partial charge in [0.15, 0.2) is 5.82 Å². The van der Waals surface area contributed by atoms with Gasteiger partial charge in [0.25, 0.3) is 0 Å². The molecule has 0 aliphatic rings. The number of carbonyl (C=O) groups excluding carboxylic acids is 1. The monoisotopic (exact) mass is 342 g/mol. The van der Waals surface area contributed by atoms with Crippen LogP contribution in [0.3, 0.4) is 0 Å². The summed E-state index contributed by atoms with van der Waals surface area (Å²) in [5.74, 6) is 0.270. The van der Waals surface area contributed by atoms with Gasteiger partial charge in [0.2, 0.25) is 5.91 Å². The number of anilines is 1. The summed E-state index contributed by atoms with van der Waals surface area (Å²) in [7, 11) is 1.56. The van der Waals surface area contributed by atoms with E-state index in [9.17, 15) is 4.79 Å². The normalized spacial score (nSPS) is 11.5. The summed E-state index contributed by atoms with van der Waals surface area (Å²) in [6.45, 7) is 3.92. The molecule has 2 aromatic heterocycles. The third kappa shape index (κ3) is 3.76. The average molecular weight is 343 g/mol. The summed E-state index contributed by atoms with van der Waals surface area (Å²) < 4.78 is 6.52. The maximum Gasteiger partial charge on any atom is 0.232 e. The van der Waals surface area contributed by atoms with Gasteiger partial charge in [-0.25, -0.2) is 9.67 Å². The van der Waals surface area contributed by atoms with Gasteiger partial charge in [-0.3, -0.25) is 4.79 Å². The number of nitrogens with one attached hydrogen (secondary N) is 1. The lowest BCUT2D eigenvalue weighted by Crippen LogP contribution is -2.34. The van der Waals surface area contributed by atoms with Crippen molar-refractivity contribution in [3.8, 4) is 5.82 Å². The van der Waals surface area contributed by atoms with Crippen molar-refractivity contribution in [1.82, 2.24) is 14.8 Å². The van der Waals surface area contributed by atoms with Gasteiger partial charge >= 0.3 is 0 Å².